The van der Waals surface area contributed by atoms with E-state index in [-0.39, 0.29) is 12.1 Å². The molecule has 5 heteroatoms. The molecule has 3 aliphatic rings. The number of thioether (sulfide) groups is 1. The van der Waals surface area contributed by atoms with E-state index >= 15 is 0 Å². The minimum atomic E-state index is -0.0401. The smallest absolute Gasteiger partial charge is 0.315 e. The molecule has 4 atom stereocenters. The fourth-order valence-electron chi connectivity index (χ4n) is 3.09. The molecule has 0 spiro atoms. The lowest BCUT2D eigenvalue weighted by atomic mass is 10.1. The van der Waals surface area contributed by atoms with Crippen molar-refractivity contribution in [3.63, 3.8) is 0 Å². The van der Waals surface area contributed by atoms with Crippen LogP contribution in [0.25, 0.3) is 0 Å². The first-order chi connectivity index (χ1) is 9.33. The van der Waals surface area contributed by atoms with Gasteiger partial charge in [-0.3, -0.25) is 0 Å². The minimum Gasteiger partial charge on any atom is -0.381 e. The lowest BCUT2D eigenvalue weighted by molar-refractivity contribution is 0.156. The van der Waals surface area contributed by atoms with Crippen molar-refractivity contribution >= 4 is 17.8 Å². The van der Waals surface area contributed by atoms with Gasteiger partial charge in [-0.05, 0) is 11.6 Å². The summed E-state index contributed by atoms with van der Waals surface area (Å²) in [5, 5.41) is 6.16. The maximum absolute atomic E-state index is 12.0. The van der Waals surface area contributed by atoms with Crippen molar-refractivity contribution in [2.75, 3.05) is 19.0 Å². The van der Waals surface area contributed by atoms with Crippen LogP contribution in [0.1, 0.15) is 11.6 Å². The third kappa shape index (κ3) is 2.01. The molecule has 2 N–H and O–H groups in total. The summed E-state index contributed by atoms with van der Waals surface area (Å²) < 4.78 is 5.32. The molecule has 2 heterocycles. The standard InChI is InChI=1S/C14H16N2O2S/c17-14(16-13-9-5-18-6-10(9)13)15-11-7-19-12-4-2-1-3-8(11)12/h1-4,9-11,13H,5-7H2,(H2,15,16,17)/t9-,10+,11?,13?. The molecular formula is C14H16N2O2S. The largest absolute Gasteiger partial charge is 0.381 e. The Morgan fingerprint density at radius 2 is 2.00 bits per heavy atom. The van der Waals surface area contributed by atoms with Crippen LogP contribution in [-0.4, -0.2) is 31.0 Å². The number of urea groups is 1. The van der Waals surface area contributed by atoms with E-state index in [0.717, 1.165) is 19.0 Å². The fraction of sp³-hybridized carbons (Fsp3) is 0.500. The summed E-state index contributed by atoms with van der Waals surface area (Å²) in [5.41, 5.74) is 1.24. The highest BCUT2D eigenvalue weighted by molar-refractivity contribution is 7.99. The fourth-order valence-corrected chi connectivity index (χ4v) is 4.25. The summed E-state index contributed by atoms with van der Waals surface area (Å²) in [7, 11) is 0. The van der Waals surface area contributed by atoms with Crippen LogP contribution in [0.5, 0.6) is 0 Å². The van der Waals surface area contributed by atoms with Gasteiger partial charge < -0.3 is 15.4 Å². The number of hydrogen-bond donors (Lipinski definition) is 2. The summed E-state index contributed by atoms with van der Waals surface area (Å²) in [6.45, 7) is 1.61. The third-order valence-corrected chi connectivity index (χ3v) is 5.44. The van der Waals surface area contributed by atoms with Crippen molar-refractivity contribution in [2.45, 2.75) is 17.0 Å². The van der Waals surface area contributed by atoms with Gasteiger partial charge in [-0.1, -0.05) is 18.2 Å². The zero-order valence-corrected chi connectivity index (χ0v) is 11.3. The average Bonchev–Trinajstić information content (AvgIpc) is 2.85. The van der Waals surface area contributed by atoms with Crippen molar-refractivity contribution < 1.29 is 9.53 Å². The van der Waals surface area contributed by atoms with E-state index in [9.17, 15) is 4.79 Å². The quantitative estimate of drug-likeness (QED) is 0.865. The van der Waals surface area contributed by atoms with Crippen molar-refractivity contribution in [3.8, 4) is 0 Å². The molecule has 1 aromatic rings. The van der Waals surface area contributed by atoms with Gasteiger partial charge in [-0.2, -0.15) is 0 Å². The molecule has 0 aromatic heterocycles. The first-order valence-electron chi connectivity index (χ1n) is 6.69. The number of carbonyl (C=O) groups is 1. The second-order valence-electron chi connectivity index (χ2n) is 5.41. The maximum Gasteiger partial charge on any atom is 0.315 e. The molecule has 0 bridgehead atoms. The molecule has 4 nitrogen and oxygen atoms in total. The Kier molecular flexibility index (Phi) is 2.70. The van der Waals surface area contributed by atoms with Gasteiger partial charge in [-0.25, -0.2) is 4.79 Å². The summed E-state index contributed by atoms with van der Waals surface area (Å²) in [4.78, 5) is 13.3. The number of nitrogens with one attached hydrogen (secondary N) is 2. The van der Waals surface area contributed by atoms with Crippen molar-refractivity contribution in [1.82, 2.24) is 10.6 Å². The van der Waals surface area contributed by atoms with Crippen LogP contribution in [0.2, 0.25) is 0 Å². The number of fused-ring (bicyclic) bond motifs is 2. The number of amides is 2. The topological polar surface area (TPSA) is 50.4 Å². The molecule has 100 valence electrons. The van der Waals surface area contributed by atoms with E-state index in [4.69, 9.17) is 4.74 Å². The van der Waals surface area contributed by atoms with E-state index < -0.39 is 0 Å². The van der Waals surface area contributed by atoms with Gasteiger partial charge in [0.1, 0.15) is 0 Å². The van der Waals surface area contributed by atoms with Gasteiger partial charge >= 0.3 is 6.03 Å². The zero-order valence-electron chi connectivity index (χ0n) is 10.5. The van der Waals surface area contributed by atoms with E-state index in [0.29, 0.717) is 17.9 Å². The van der Waals surface area contributed by atoms with E-state index in [1.807, 2.05) is 12.1 Å². The molecule has 2 fully saturated rings. The molecule has 19 heavy (non-hydrogen) atoms. The van der Waals surface area contributed by atoms with E-state index in [1.165, 1.54) is 10.5 Å². The predicted octanol–water partition coefficient (Wildman–Crippen LogP) is 1.78. The predicted molar refractivity (Wildman–Crippen MR) is 73.2 cm³/mol. The number of benzene rings is 1. The van der Waals surface area contributed by atoms with Crippen molar-refractivity contribution in [3.05, 3.63) is 29.8 Å². The Bertz CT molecular complexity index is 512. The Hall–Kier alpha value is -1.20. The zero-order chi connectivity index (χ0) is 12.8. The van der Waals surface area contributed by atoms with E-state index in [1.54, 1.807) is 11.8 Å². The van der Waals surface area contributed by atoms with Gasteiger partial charge in [0.2, 0.25) is 0 Å². The summed E-state index contributed by atoms with van der Waals surface area (Å²) in [6, 6.07) is 8.71. The summed E-state index contributed by atoms with van der Waals surface area (Å²) in [6.07, 6.45) is 0. The van der Waals surface area contributed by atoms with Crippen LogP contribution in [0.15, 0.2) is 29.2 Å². The molecule has 1 aliphatic carbocycles. The molecule has 2 aliphatic heterocycles. The van der Waals surface area contributed by atoms with Gasteiger partial charge in [0, 0.05) is 28.5 Å². The van der Waals surface area contributed by atoms with Crippen LogP contribution in [-0.2, 0) is 4.74 Å². The Morgan fingerprint density at radius 3 is 2.84 bits per heavy atom. The SMILES string of the molecule is O=C(NC1CSc2ccccc21)NC1[C@H]2COC[C@@H]12. The summed E-state index contributed by atoms with van der Waals surface area (Å²) in [5.74, 6) is 2.03. The highest BCUT2D eigenvalue weighted by Gasteiger charge is 2.54. The second-order valence-corrected chi connectivity index (χ2v) is 6.47. The second kappa shape index (κ2) is 4.42. The van der Waals surface area contributed by atoms with Crippen molar-refractivity contribution in [1.29, 1.82) is 0 Å². The first-order valence-corrected chi connectivity index (χ1v) is 7.68. The first kappa shape index (κ1) is 11.6. The molecule has 4 rings (SSSR count). The monoisotopic (exact) mass is 276 g/mol. The Balaban J connectivity index is 1.36. The normalized spacial score (nSPS) is 34.5. The van der Waals surface area contributed by atoms with E-state index in [2.05, 4.69) is 22.8 Å². The number of ether oxygens (including phenoxy) is 1. The molecule has 2 unspecified atom stereocenters. The molecular weight excluding hydrogens is 260 g/mol. The van der Waals surface area contributed by atoms with Gasteiger partial charge in [0.05, 0.1) is 19.3 Å². The molecule has 0 radical (unpaired) electrons. The van der Waals surface area contributed by atoms with Crippen LogP contribution < -0.4 is 10.6 Å². The minimum absolute atomic E-state index is 0.0401. The average molecular weight is 276 g/mol. The number of hydrogen-bond acceptors (Lipinski definition) is 3. The Labute approximate surface area is 116 Å². The van der Waals surface area contributed by atoms with Crippen LogP contribution >= 0.6 is 11.8 Å². The Morgan fingerprint density at radius 1 is 1.21 bits per heavy atom. The molecule has 2 amide bonds. The highest BCUT2D eigenvalue weighted by Crippen LogP contribution is 2.44. The highest BCUT2D eigenvalue weighted by atomic mass is 32.2. The lowest BCUT2D eigenvalue weighted by Crippen LogP contribution is -2.40. The molecule has 1 saturated carbocycles. The molecule has 1 saturated heterocycles. The van der Waals surface area contributed by atoms with Gasteiger partial charge in [0.15, 0.2) is 0 Å². The summed E-state index contributed by atoms with van der Waals surface area (Å²) >= 11 is 1.81. The van der Waals surface area contributed by atoms with Gasteiger partial charge in [0.25, 0.3) is 0 Å². The number of rotatable bonds is 2. The number of carbonyl (C=O) groups excluding carboxylic acids is 1. The third-order valence-electron chi connectivity index (χ3n) is 4.26. The van der Waals surface area contributed by atoms with Gasteiger partial charge in [-0.15, -0.1) is 11.8 Å². The molecule has 1 aromatic carbocycles. The van der Waals surface area contributed by atoms with Crippen LogP contribution in [0, 0.1) is 11.8 Å². The lowest BCUT2D eigenvalue weighted by Gasteiger charge is -2.15. The van der Waals surface area contributed by atoms with Crippen LogP contribution in [0.3, 0.4) is 0 Å². The maximum atomic E-state index is 12.0. The van der Waals surface area contributed by atoms with Crippen LogP contribution in [0.4, 0.5) is 4.79 Å². The van der Waals surface area contributed by atoms with Crippen molar-refractivity contribution in [2.24, 2.45) is 11.8 Å².